The number of carbonyl (C=O) groups is 2. The standard InChI is InChI=1S/C24H29Cl2N3O5S/c1-34-13-5-11-27-24(31)20-7-2-3-8-22(20)28-23(30)17-6-4-12-29(15-17)35(32,33)16-18-9-10-19(25)14-21(18)26/h2-3,7-10,14,17H,4-6,11-13,15-16H2,1H3,(H,27,31)(H,28,30). The van der Waals surface area contributed by atoms with E-state index in [0.29, 0.717) is 60.8 Å². The zero-order valence-electron chi connectivity index (χ0n) is 19.4. The van der Waals surface area contributed by atoms with Gasteiger partial charge in [0.1, 0.15) is 0 Å². The first-order chi connectivity index (χ1) is 16.7. The van der Waals surface area contributed by atoms with Crippen molar-refractivity contribution in [2.45, 2.75) is 25.0 Å². The molecule has 1 atom stereocenters. The largest absolute Gasteiger partial charge is 0.385 e. The van der Waals surface area contributed by atoms with E-state index < -0.39 is 15.9 Å². The number of benzene rings is 2. The summed E-state index contributed by atoms with van der Waals surface area (Å²) < 4.78 is 32.4. The number of carbonyl (C=O) groups excluding carboxylic acids is 2. The first kappa shape index (κ1) is 27.4. The van der Waals surface area contributed by atoms with Crippen molar-refractivity contribution >= 4 is 50.7 Å². The Morgan fingerprint density at radius 3 is 2.69 bits per heavy atom. The third-order valence-electron chi connectivity index (χ3n) is 5.74. The van der Waals surface area contributed by atoms with E-state index in [2.05, 4.69) is 10.6 Å². The molecule has 0 spiro atoms. The van der Waals surface area contributed by atoms with E-state index in [1.807, 2.05) is 0 Å². The van der Waals surface area contributed by atoms with Crippen LogP contribution < -0.4 is 10.6 Å². The highest BCUT2D eigenvalue weighted by molar-refractivity contribution is 7.88. The quantitative estimate of drug-likeness (QED) is 0.443. The minimum atomic E-state index is -3.70. The second-order valence-corrected chi connectivity index (χ2v) is 11.1. The Morgan fingerprint density at radius 1 is 1.17 bits per heavy atom. The van der Waals surface area contributed by atoms with Gasteiger partial charge in [0.05, 0.1) is 22.9 Å². The molecule has 35 heavy (non-hydrogen) atoms. The Bertz CT molecular complexity index is 1160. The van der Waals surface area contributed by atoms with Crippen molar-refractivity contribution in [2.75, 3.05) is 38.7 Å². The van der Waals surface area contributed by atoms with Gasteiger partial charge < -0.3 is 15.4 Å². The molecule has 2 N–H and O–H groups in total. The van der Waals surface area contributed by atoms with Crippen molar-refractivity contribution in [3.05, 3.63) is 63.6 Å². The number of methoxy groups -OCH3 is 1. The van der Waals surface area contributed by atoms with E-state index >= 15 is 0 Å². The molecule has 8 nitrogen and oxygen atoms in total. The van der Waals surface area contributed by atoms with Crippen LogP contribution in [0.4, 0.5) is 5.69 Å². The van der Waals surface area contributed by atoms with Crippen molar-refractivity contribution in [2.24, 2.45) is 5.92 Å². The van der Waals surface area contributed by atoms with Crippen LogP contribution in [0, 0.1) is 5.92 Å². The predicted octanol–water partition coefficient (Wildman–Crippen LogP) is 3.94. The first-order valence-corrected chi connectivity index (χ1v) is 13.7. The number of halogens is 2. The normalized spacial score (nSPS) is 16.6. The van der Waals surface area contributed by atoms with Gasteiger partial charge in [-0.3, -0.25) is 9.59 Å². The summed E-state index contributed by atoms with van der Waals surface area (Å²) in [6.07, 6.45) is 1.77. The van der Waals surface area contributed by atoms with Crippen LogP contribution >= 0.6 is 23.2 Å². The zero-order chi connectivity index (χ0) is 25.4. The van der Waals surface area contributed by atoms with Crippen LogP contribution in [0.1, 0.15) is 35.2 Å². The van der Waals surface area contributed by atoms with Crippen LogP contribution in [0.3, 0.4) is 0 Å². The molecule has 0 bridgehead atoms. The highest BCUT2D eigenvalue weighted by Gasteiger charge is 2.33. The van der Waals surface area contributed by atoms with Gasteiger partial charge in [-0.2, -0.15) is 0 Å². The fraction of sp³-hybridized carbons (Fsp3) is 0.417. The molecule has 2 aromatic rings. The van der Waals surface area contributed by atoms with E-state index in [1.54, 1.807) is 43.5 Å². The van der Waals surface area contributed by atoms with E-state index in [9.17, 15) is 18.0 Å². The number of para-hydroxylation sites is 1. The number of sulfonamides is 1. The summed E-state index contributed by atoms with van der Waals surface area (Å²) in [4.78, 5) is 25.6. The third kappa shape index (κ3) is 7.65. The average molecular weight is 542 g/mol. The Morgan fingerprint density at radius 2 is 1.94 bits per heavy atom. The second-order valence-electron chi connectivity index (χ2n) is 8.33. The summed E-state index contributed by atoms with van der Waals surface area (Å²) in [5.41, 5.74) is 1.18. The first-order valence-electron chi connectivity index (χ1n) is 11.3. The molecule has 190 valence electrons. The predicted molar refractivity (Wildman–Crippen MR) is 137 cm³/mol. The lowest BCUT2D eigenvalue weighted by Crippen LogP contribution is -2.44. The maximum atomic E-state index is 13.0. The summed E-state index contributed by atoms with van der Waals surface area (Å²) >= 11 is 12.1. The molecule has 11 heteroatoms. The highest BCUT2D eigenvalue weighted by Crippen LogP contribution is 2.27. The number of ether oxygens (including phenoxy) is 1. The van der Waals surface area contributed by atoms with Crippen molar-refractivity contribution in [3.8, 4) is 0 Å². The molecule has 0 saturated carbocycles. The Balaban J connectivity index is 1.65. The number of hydrogen-bond donors (Lipinski definition) is 2. The van der Waals surface area contributed by atoms with E-state index in [-0.39, 0.29) is 29.1 Å². The number of anilines is 1. The number of amides is 2. The Kier molecular flexibility index (Phi) is 9.94. The van der Waals surface area contributed by atoms with Crippen molar-refractivity contribution in [1.29, 1.82) is 0 Å². The zero-order valence-corrected chi connectivity index (χ0v) is 21.8. The van der Waals surface area contributed by atoms with Crippen molar-refractivity contribution in [1.82, 2.24) is 9.62 Å². The SMILES string of the molecule is COCCCNC(=O)c1ccccc1NC(=O)C1CCCN(S(=O)(=O)Cc2ccc(Cl)cc2Cl)C1. The van der Waals surface area contributed by atoms with Gasteiger partial charge in [0.25, 0.3) is 5.91 Å². The maximum absolute atomic E-state index is 13.0. The minimum Gasteiger partial charge on any atom is -0.385 e. The van der Waals surface area contributed by atoms with Crippen LogP contribution in [0.15, 0.2) is 42.5 Å². The molecule has 1 fully saturated rings. The topological polar surface area (TPSA) is 105 Å². The summed E-state index contributed by atoms with van der Waals surface area (Å²) in [6.45, 7) is 1.37. The highest BCUT2D eigenvalue weighted by atomic mass is 35.5. The van der Waals surface area contributed by atoms with Crippen LogP contribution in [0.5, 0.6) is 0 Å². The van der Waals surface area contributed by atoms with E-state index in [0.717, 1.165) is 0 Å². The molecule has 0 radical (unpaired) electrons. The Labute approximate surface area is 216 Å². The van der Waals surface area contributed by atoms with E-state index in [4.69, 9.17) is 27.9 Å². The third-order valence-corrected chi connectivity index (χ3v) is 8.12. The Hall–Kier alpha value is -2.17. The van der Waals surface area contributed by atoms with Crippen LogP contribution in [0.25, 0.3) is 0 Å². The molecular weight excluding hydrogens is 513 g/mol. The van der Waals surface area contributed by atoms with Crippen LogP contribution in [0.2, 0.25) is 10.0 Å². The second kappa shape index (κ2) is 12.7. The summed E-state index contributed by atoms with van der Waals surface area (Å²) in [6, 6.07) is 11.4. The molecule has 0 aromatic heterocycles. The van der Waals surface area contributed by atoms with Crippen molar-refractivity contribution < 1.29 is 22.7 Å². The smallest absolute Gasteiger partial charge is 0.253 e. The van der Waals surface area contributed by atoms with Gasteiger partial charge in [-0.05, 0) is 49.1 Å². The summed E-state index contributed by atoms with van der Waals surface area (Å²) in [5.74, 6) is -1.44. The lowest BCUT2D eigenvalue weighted by molar-refractivity contribution is -0.120. The van der Waals surface area contributed by atoms with Crippen molar-refractivity contribution in [3.63, 3.8) is 0 Å². The monoisotopic (exact) mass is 541 g/mol. The summed E-state index contributed by atoms with van der Waals surface area (Å²) in [7, 11) is -2.10. The molecule has 1 aliphatic rings. The van der Waals surface area contributed by atoms with Crippen LogP contribution in [-0.4, -0.2) is 57.9 Å². The van der Waals surface area contributed by atoms with Gasteiger partial charge in [0.2, 0.25) is 15.9 Å². The molecule has 1 unspecified atom stereocenters. The molecular formula is C24H29Cl2N3O5S. The average Bonchev–Trinajstić information content (AvgIpc) is 2.84. The maximum Gasteiger partial charge on any atom is 0.253 e. The number of hydrogen-bond acceptors (Lipinski definition) is 5. The lowest BCUT2D eigenvalue weighted by Gasteiger charge is -2.31. The van der Waals surface area contributed by atoms with Gasteiger partial charge >= 0.3 is 0 Å². The summed E-state index contributed by atoms with van der Waals surface area (Å²) in [5, 5.41) is 6.33. The molecule has 3 rings (SSSR count). The van der Waals surface area contributed by atoms with Gasteiger partial charge in [-0.25, -0.2) is 12.7 Å². The van der Waals surface area contributed by atoms with Gasteiger partial charge in [-0.1, -0.05) is 41.4 Å². The molecule has 1 aliphatic heterocycles. The molecule has 0 aliphatic carbocycles. The molecule has 2 aromatic carbocycles. The van der Waals surface area contributed by atoms with E-state index in [1.165, 1.54) is 10.4 Å². The minimum absolute atomic E-state index is 0.0603. The fourth-order valence-corrected chi connectivity index (χ4v) is 6.07. The molecule has 2 amide bonds. The van der Waals surface area contributed by atoms with Crippen LogP contribution in [-0.2, 0) is 25.3 Å². The fourth-order valence-electron chi connectivity index (χ4n) is 3.87. The number of rotatable bonds is 10. The number of piperidine rings is 1. The molecule has 1 saturated heterocycles. The number of nitrogens with zero attached hydrogens (tertiary/aromatic N) is 1. The number of nitrogens with one attached hydrogen (secondary N) is 2. The van der Waals surface area contributed by atoms with Gasteiger partial charge in [0.15, 0.2) is 0 Å². The molecule has 1 heterocycles. The van der Waals surface area contributed by atoms with Gasteiger partial charge in [-0.15, -0.1) is 0 Å². The lowest BCUT2D eigenvalue weighted by atomic mass is 9.98. The van der Waals surface area contributed by atoms with Gasteiger partial charge in [0, 0.05) is 43.4 Å².